The van der Waals surface area contributed by atoms with Crippen molar-refractivity contribution in [3.8, 4) is 5.75 Å². The molecule has 3 aromatic rings. The number of halogens is 1. The van der Waals surface area contributed by atoms with Gasteiger partial charge in [0.25, 0.3) is 0 Å². The number of benzene rings is 2. The molecule has 0 radical (unpaired) electrons. The van der Waals surface area contributed by atoms with E-state index in [1.165, 1.54) is 11.8 Å². The van der Waals surface area contributed by atoms with Gasteiger partial charge < -0.3 is 19.4 Å². The second-order valence-electron chi connectivity index (χ2n) is 6.50. The van der Waals surface area contributed by atoms with Gasteiger partial charge in [-0.05, 0) is 44.2 Å². The summed E-state index contributed by atoms with van der Waals surface area (Å²) in [6.45, 7) is 4.82. The van der Waals surface area contributed by atoms with E-state index in [0.29, 0.717) is 39.5 Å². The number of esters is 1. The molecule has 10 heteroatoms. The van der Waals surface area contributed by atoms with Gasteiger partial charge in [-0.3, -0.25) is 4.79 Å². The van der Waals surface area contributed by atoms with E-state index < -0.39 is 5.97 Å². The number of aromatic nitrogens is 3. The first kappa shape index (κ1) is 23.6. The van der Waals surface area contributed by atoms with Crippen molar-refractivity contribution in [1.82, 2.24) is 14.8 Å². The van der Waals surface area contributed by atoms with Crippen LogP contribution in [0.1, 0.15) is 30.0 Å². The molecule has 1 amide bonds. The van der Waals surface area contributed by atoms with Crippen LogP contribution >= 0.6 is 23.4 Å². The van der Waals surface area contributed by atoms with Crippen LogP contribution in [0.4, 0.5) is 5.69 Å². The molecule has 0 spiro atoms. The van der Waals surface area contributed by atoms with Crippen molar-refractivity contribution in [3.63, 3.8) is 0 Å². The van der Waals surface area contributed by atoms with E-state index in [9.17, 15) is 9.59 Å². The number of hydrogen-bond acceptors (Lipinski definition) is 7. The molecule has 0 aliphatic heterocycles. The summed E-state index contributed by atoms with van der Waals surface area (Å²) < 4.78 is 12.6. The summed E-state index contributed by atoms with van der Waals surface area (Å²) in [5.41, 5.74) is 0.901. The van der Waals surface area contributed by atoms with E-state index in [2.05, 4.69) is 15.5 Å². The molecule has 0 saturated carbocycles. The van der Waals surface area contributed by atoms with Crippen LogP contribution in [-0.4, -0.2) is 39.0 Å². The average Bonchev–Trinajstić information content (AvgIpc) is 3.19. The van der Waals surface area contributed by atoms with Crippen LogP contribution in [0.5, 0.6) is 5.75 Å². The Morgan fingerprint density at radius 1 is 1.12 bits per heavy atom. The lowest BCUT2D eigenvalue weighted by Gasteiger charge is -2.10. The maximum atomic E-state index is 12.4. The Morgan fingerprint density at radius 3 is 2.69 bits per heavy atom. The van der Waals surface area contributed by atoms with Gasteiger partial charge in [0.1, 0.15) is 12.4 Å². The van der Waals surface area contributed by atoms with Gasteiger partial charge in [0.15, 0.2) is 11.0 Å². The summed E-state index contributed by atoms with van der Waals surface area (Å²) in [5.74, 6) is 0.680. The van der Waals surface area contributed by atoms with Crippen molar-refractivity contribution >= 4 is 40.9 Å². The summed E-state index contributed by atoms with van der Waals surface area (Å²) in [6.07, 6.45) is 0. The quantitative estimate of drug-likeness (QED) is 0.343. The molecule has 1 heterocycles. The molecule has 3 rings (SSSR count). The first-order chi connectivity index (χ1) is 15.5. The van der Waals surface area contributed by atoms with Crippen molar-refractivity contribution in [2.24, 2.45) is 0 Å². The number of nitrogens with zero attached hydrogens (tertiary/aromatic N) is 3. The van der Waals surface area contributed by atoms with Crippen molar-refractivity contribution in [2.45, 2.75) is 32.2 Å². The van der Waals surface area contributed by atoms with E-state index in [0.717, 1.165) is 0 Å². The first-order valence-electron chi connectivity index (χ1n) is 10.0. The summed E-state index contributed by atoms with van der Waals surface area (Å²) in [4.78, 5) is 24.3. The molecule has 8 nitrogen and oxygen atoms in total. The molecule has 0 saturated heterocycles. The first-order valence-corrected chi connectivity index (χ1v) is 11.4. The maximum Gasteiger partial charge on any atom is 0.338 e. The zero-order valence-corrected chi connectivity index (χ0v) is 19.3. The van der Waals surface area contributed by atoms with Crippen LogP contribution < -0.4 is 10.1 Å². The van der Waals surface area contributed by atoms with Crippen molar-refractivity contribution in [1.29, 1.82) is 0 Å². The highest BCUT2D eigenvalue weighted by Gasteiger charge is 2.15. The maximum absolute atomic E-state index is 12.4. The van der Waals surface area contributed by atoms with Crippen LogP contribution in [-0.2, 0) is 22.7 Å². The topological polar surface area (TPSA) is 95.3 Å². The van der Waals surface area contributed by atoms with Crippen LogP contribution in [0.25, 0.3) is 0 Å². The number of amides is 1. The van der Waals surface area contributed by atoms with Crippen molar-refractivity contribution in [2.75, 3.05) is 17.7 Å². The molecule has 0 aliphatic rings. The minimum atomic E-state index is -0.430. The Morgan fingerprint density at radius 2 is 1.94 bits per heavy atom. The third-order valence-corrected chi connectivity index (χ3v) is 5.57. The monoisotopic (exact) mass is 474 g/mol. The molecule has 0 fully saturated rings. The molecular weight excluding hydrogens is 452 g/mol. The van der Waals surface area contributed by atoms with Gasteiger partial charge >= 0.3 is 5.97 Å². The Bertz CT molecular complexity index is 1090. The zero-order chi connectivity index (χ0) is 22.9. The summed E-state index contributed by atoms with van der Waals surface area (Å²) >= 11 is 7.39. The number of nitrogens with one attached hydrogen (secondary N) is 1. The Kier molecular flexibility index (Phi) is 8.52. The number of carbonyl (C=O) groups excluding carboxylic acids is 2. The molecule has 168 valence electrons. The highest BCUT2D eigenvalue weighted by Crippen LogP contribution is 2.25. The van der Waals surface area contributed by atoms with E-state index in [1.54, 1.807) is 43.3 Å². The summed E-state index contributed by atoms with van der Waals surface area (Å²) in [7, 11) is 0. The SMILES string of the molecule is CCOC(=O)c1cccc(NC(=O)CSc2nnc(COc3ccccc3Cl)n2CC)c1. The molecule has 32 heavy (non-hydrogen) atoms. The smallest absolute Gasteiger partial charge is 0.338 e. The van der Waals surface area contributed by atoms with Crippen molar-refractivity contribution in [3.05, 3.63) is 64.9 Å². The normalized spacial score (nSPS) is 10.6. The van der Waals surface area contributed by atoms with Gasteiger partial charge in [0.05, 0.1) is 22.9 Å². The van der Waals surface area contributed by atoms with Gasteiger partial charge in [-0.25, -0.2) is 4.79 Å². The Labute approximate surface area is 195 Å². The summed E-state index contributed by atoms with van der Waals surface area (Å²) in [5, 5.41) is 12.3. The third-order valence-electron chi connectivity index (χ3n) is 4.29. The lowest BCUT2D eigenvalue weighted by molar-refractivity contribution is -0.113. The number of ether oxygens (including phenoxy) is 2. The molecule has 0 atom stereocenters. The second kappa shape index (κ2) is 11.5. The van der Waals surface area contributed by atoms with Crippen LogP contribution in [0, 0.1) is 0 Å². The second-order valence-corrected chi connectivity index (χ2v) is 7.85. The molecule has 1 aromatic heterocycles. The van der Waals surface area contributed by atoms with Crippen LogP contribution in [0.2, 0.25) is 5.02 Å². The highest BCUT2D eigenvalue weighted by molar-refractivity contribution is 7.99. The van der Waals surface area contributed by atoms with Gasteiger partial charge in [-0.2, -0.15) is 0 Å². The number of rotatable bonds is 10. The van der Waals surface area contributed by atoms with Crippen LogP contribution in [0.15, 0.2) is 53.7 Å². The van der Waals surface area contributed by atoms with E-state index in [1.807, 2.05) is 23.6 Å². The largest absolute Gasteiger partial charge is 0.484 e. The minimum absolute atomic E-state index is 0.132. The van der Waals surface area contributed by atoms with E-state index in [4.69, 9.17) is 21.1 Å². The van der Waals surface area contributed by atoms with Gasteiger partial charge in [0, 0.05) is 12.2 Å². The van der Waals surface area contributed by atoms with Gasteiger partial charge in [-0.15, -0.1) is 10.2 Å². The fourth-order valence-electron chi connectivity index (χ4n) is 2.82. The van der Waals surface area contributed by atoms with Gasteiger partial charge in [0.2, 0.25) is 5.91 Å². The van der Waals surface area contributed by atoms with Crippen LogP contribution in [0.3, 0.4) is 0 Å². The van der Waals surface area contributed by atoms with Crippen molar-refractivity contribution < 1.29 is 19.1 Å². The molecule has 2 aromatic carbocycles. The van der Waals surface area contributed by atoms with Gasteiger partial charge in [-0.1, -0.05) is 41.6 Å². The standard InChI is InChI=1S/C22H23ClN4O4S/c1-3-27-19(13-31-18-11-6-5-10-17(18)23)25-26-22(27)32-14-20(28)24-16-9-7-8-15(12-16)21(29)30-4-2/h5-12H,3-4,13-14H2,1-2H3,(H,24,28). The summed E-state index contributed by atoms with van der Waals surface area (Å²) in [6, 6.07) is 13.8. The predicted molar refractivity (Wildman–Crippen MR) is 123 cm³/mol. The fraction of sp³-hybridized carbons (Fsp3) is 0.273. The molecular formula is C22H23ClN4O4S. The average molecular weight is 475 g/mol. The lowest BCUT2D eigenvalue weighted by atomic mass is 10.2. The highest BCUT2D eigenvalue weighted by atomic mass is 35.5. The Balaban J connectivity index is 1.57. The van der Waals surface area contributed by atoms with E-state index in [-0.39, 0.29) is 24.9 Å². The van der Waals surface area contributed by atoms with E-state index >= 15 is 0 Å². The fourth-order valence-corrected chi connectivity index (χ4v) is 3.83. The predicted octanol–water partition coefficient (Wildman–Crippen LogP) is 4.44. The molecule has 0 unspecified atom stereocenters. The molecule has 0 aliphatic carbocycles. The molecule has 1 N–H and O–H groups in total. The lowest BCUT2D eigenvalue weighted by Crippen LogP contribution is -2.15. The number of thioether (sulfide) groups is 1. The number of carbonyl (C=O) groups is 2. The number of para-hydroxylation sites is 1. The number of hydrogen-bond donors (Lipinski definition) is 1. The zero-order valence-electron chi connectivity index (χ0n) is 17.7. The Hall–Kier alpha value is -3.04. The third kappa shape index (κ3) is 6.24. The number of anilines is 1. The molecule has 0 bridgehead atoms. The minimum Gasteiger partial charge on any atom is -0.484 e.